The molecule has 3 N–H and O–H groups in total. The molecule has 0 aromatic carbocycles. The Bertz CT molecular complexity index is 235. The normalized spacial score (nSPS) is 19.8. The van der Waals surface area contributed by atoms with Crippen molar-refractivity contribution in [3.05, 3.63) is 0 Å². The summed E-state index contributed by atoms with van der Waals surface area (Å²) < 4.78 is 0. The Morgan fingerprint density at radius 3 is 2.19 bits per heavy atom. The van der Waals surface area contributed by atoms with Gasteiger partial charge < -0.3 is 15.7 Å². The summed E-state index contributed by atoms with van der Waals surface area (Å²) in [4.78, 5) is 13.5. The number of carboxylic acids is 1. The summed E-state index contributed by atoms with van der Waals surface area (Å²) in [6, 6.07) is 0. The quantitative estimate of drug-likeness (QED) is 0.657. The molecule has 1 fully saturated rings. The molecule has 1 rings (SSSR count). The maximum Gasteiger partial charge on any atom is 0.325 e. The van der Waals surface area contributed by atoms with Crippen molar-refractivity contribution in [1.82, 2.24) is 4.90 Å². The highest BCUT2D eigenvalue weighted by Gasteiger charge is 2.48. The third kappa shape index (κ3) is 3.19. The number of carbonyl (C=O) groups is 1. The van der Waals surface area contributed by atoms with E-state index in [1.807, 2.05) is 0 Å². The number of hydrogen-bond acceptors (Lipinski definition) is 3. The molecule has 1 unspecified atom stereocenters. The van der Waals surface area contributed by atoms with Crippen LogP contribution >= 0.6 is 0 Å². The predicted molar refractivity (Wildman–Crippen MR) is 64.3 cm³/mol. The lowest BCUT2D eigenvalue weighted by Crippen LogP contribution is -2.58. The van der Waals surface area contributed by atoms with E-state index in [4.69, 9.17) is 5.73 Å². The molecule has 0 spiro atoms. The fourth-order valence-electron chi connectivity index (χ4n) is 2.24. The molecule has 4 heteroatoms. The van der Waals surface area contributed by atoms with Crippen molar-refractivity contribution >= 4 is 5.97 Å². The molecule has 0 aromatic rings. The molecular weight excluding hydrogens is 204 g/mol. The van der Waals surface area contributed by atoms with Gasteiger partial charge in [0.25, 0.3) is 0 Å². The Balaban J connectivity index is 2.60. The molecule has 0 radical (unpaired) electrons. The summed E-state index contributed by atoms with van der Waals surface area (Å²) in [5.41, 5.74) is 5.04. The Labute approximate surface area is 97.8 Å². The first kappa shape index (κ1) is 13.5. The monoisotopic (exact) mass is 228 g/mol. The van der Waals surface area contributed by atoms with E-state index in [-0.39, 0.29) is 5.92 Å². The van der Waals surface area contributed by atoms with Crippen LogP contribution in [0.4, 0.5) is 0 Å². The fourth-order valence-corrected chi connectivity index (χ4v) is 2.24. The first-order valence-corrected chi connectivity index (χ1v) is 6.29. The second-order valence-electron chi connectivity index (χ2n) is 4.90. The van der Waals surface area contributed by atoms with Crippen LogP contribution in [0.2, 0.25) is 0 Å². The van der Waals surface area contributed by atoms with Crippen molar-refractivity contribution in [2.24, 2.45) is 11.7 Å². The van der Waals surface area contributed by atoms with E-state index in [2.05, 4.69) is 18.7 Å². The van der Waals surface area contributed by atoms with E-state index in [1.54, 1.807) is 0 Å². The van der Waals surface area contributed by atoms with Gasteiger partial charge in [0.15, 0.2) is 0 Å². The van der Waals surface area contributed by atoms with Crippen LogP contribution in [0.25, 0.3) is 0 Å². The molecule has 4 nitrogen and oxygen atoms in total. The minimum absolute atomic E-state index is 0.182. The standard InChI is InChI=1S/C12H24N2O2/c1-3-7-14(8-4-2)9-12(13,11(15)16)10-5-6-10/h10H,3-9,13H2,1-2H3,(H,15,16). The van der Waals surface area contributed by atoms with Gasteiger partial charge in [0.2, 0.25) is 0 Å². The van der Waals surface area contributed by atoms with E-state index in [1.165, 1.54) is 0 Å². The average Bonchev–Trinajstić information content (AvgIpc) is 3.01. The molecule has 1 aliphatic carbocycles. The summed E-state index contributed by atoms with van der Waals surface area (Å²) in [5.74, 6) is -0.659. The third-order valence-electron chi connectivity index (χ3n) is 3.27. The van der Waals surface area contributed by atoms with Crippen LogP contribution in [0.3, 0.4) is 0 Å². The van der Waals surface area contributed by atoms with Crippen LogP contribution in [0.15, 0.2) is 0 Å². The SMILES string of the molecule is CCCN(CCC)CC(N)(C(=O)O)C1CC1. The van der Waals surface area contributed by atoms with E-state index in [9.17, 15) is 9.90 Å². The van der Waals surface area contributed by atoms with Crippen LogP contribution in [0.1, 0.15) is 39.5 Å². The number of nitrogens with two attached hydrogens (primary N) is 1. The van der Waals surface area contributed by atoms with Gasteiger partial charge in [-0.25, -0.2) is 0 Å². The highest BCUT2D eigenvalue weighted by molar-refractivity contribution is 5.79. The molecule has 0 aliphatic heterocycles. The Hall–Kier alpha value is -0.610. The fraction of sp³-hybridized carbons (Fsp3) is 0.917. The first-order chi connectivity index (χ1) is 7.54. The predicted octanol–water partition coefficient (Wildman–Crippen LogP) is 1.30. The number of nitrogens with zero attached hydrogens (tertiary/aromatic N) is 1. The summed E-state index contributed by atoms with van der Waals surface area (Å²) in [6.07, 6.45) is 4.02. The van der Waals surface area contributed by atoms with E-state index < -0.39 is 11.5 Å². The third-order valence-corrected chi connectivity index (χ3v) is 3.27. The van der Waals surface area contributed by atoms with Crippen molar-refractivity contribution in [2.75, 3.05) is 19.6 Å². The molecule has 1 aliphatic rings. The molecule has 0 amide bonds. The van der Waals surface area contributed by atoms with Crippen LogP contribution < -0.4 is 5.73 Å². The molecule has 1 atom stereocenters. The lowest BCUT2D eigenvalue weighted by atomic mass is 9.93. The molecular formula is C12H24N2O2. The zero-order chi connectivity index (χ0) is 12.2. The highest BCUT2D eigenvalue weighted by atomic mass is 16.4. The number of rotatable bonds is 8. The molecule has 0 aromatic heterocycles. The van der Waals surface area contributed by atoms with Crippen LogP contribution in [0, 0.1) is 5.92 Å². The largest absolute Gasteiger partial charge is 0.480 e. The van der Waals surface area contributed by atoms with Gasteiger partial charge in [-0.05, 0) is 44.7 Å². The molecule has 16 heavy (non-hydrogen) atoms. The van der Waals surface area contributed by atoms with Gasteiger partial charge in [0.1, 0.15) is 5.54 Å². The van der Waals surface area contributed by atoms with Gasteiger partial charge >= 0.3 is 5.97 Å². The van der Waals surface area contributed by atoms with E-state index in [0.717, 1.165) is 38.8 Å². The minimum atomic E-state index is -1.02. The van der Waals surface area contributed by atoms with Crippen molar-refractivity contribution in [3.63, 3.8) is 0 Å². The van der Waals surface area contributed by atoms with Crippen molar-refractivity contribution in [3.8, 4) is 0 Å². The summed E-state index contributed by atoms with van der Waals surface area (Å²) >= 11 is 0. The number of aliphatic carboxylic acids is 1. The summed E-state index contributed by atoms with van der Waals surface area (Å²) in [6.45, 7) is 6.59. The van der Waals surface area contributed by atoms with Crippen molar-refractivity contribution in [2.45, 2.75) is 45.1 Å². The smallest absolute Gasteiger partial charge is 0.325 e. The lowest BCUT2D eigenvalue weighted by Gasteiger charge is -2.32. The van der Waals surface area contributed by atoms with Crippen LogP contribution in [0.5, 0.6) is 0 Å². The second-order valence-corrected chi connectivity index (χ2v) is 4.90. The average molecular weight is 228 g/mol. The molecule has 0 saturated heterocycles. The molecule has 0 bridgehead atoms. The molecule has 1 saturated carbocycles. The molecule has 0 heterocycles. The Morgan fingerprint density at radius 2 is 1.88 bits per heavy atom. The van der Waals surface area contributed by atoms with Gasteiger partial charge in [0, 0.05) is 6.54 Å². The zero-order valence-corrected chi connectivity index (χ0v) is 10.4. The summed E-state index contributed by atoms with van der Waals surface area (Å²) in [7, 11) is 0. The number of carboxylic acid groups (broad SMARTS) is 1. The Morgan fingerprint density at radius 1 is 1.38 bits per heavy atom. The van der Waals surface area contributed by atoms with Gasteiger partial charge in [0.05, 0.1) is 0 Å². The summed E-state index contributed by atoms with van der Waals surface area (Å²) in [5, 5.41) is 9.28. The topological polar surface area (TPSA) is 66.6 Å². The van der Waals surface area contributed by atoms with Crippen LogP contribution in [-0.2, 0) is 4.79 Å². The van der Waals surface area contributed by atoms with Crippen molar-refractivity contribution < 1.29 is 9.90 Å². The minimum Gasteiger partial charge on any atom is -0.480 e. The van der Waals surface area contributed by atoms with Gasteiger partial charge in [-0.3, -0.25) is 4.79 Å². The Kier molecular flexibility index (Phi) is 4.74. The van der Waals surface area contributed by atoms with Crippen LogP contribution in [-0.4, -0.2) is 41.1 Å². The second kappa shape index (κ2) is 5.64. The maximum atomic E-state index is 11.3. The maximum absolute atomic E-state index is 11.3. The molecule has 94 valence electrons. The first-order valence-electron chi connectivity index (χ1n) is 6.29. The van der Waals surface area contributed by atoms with E-state index in [0.29, 0.717) is 6.54 Å². The van der Waals surface area contributed by atoms with Gasteiger partial charge in [-0.15, -0.1) is 0 Å². The van der Waals surface area contributed by atoms with Crippen molar-refractivity contribution in [1.29, 1.82) is 0 Å². The number of hydrogen-bond donors (Lipinski definition) is 2. The lowest BCUT2D eigenvalue weighted by molar-refractivity contribution is -0.145. The zero-order valence-electron chi connectivity index (χ0n) is 10.4. The van der Waals surface area contributed by atoms with Gasteiger partial charge in [-0.2, -0.15) is 0 Å². The highest BCUT2D eigenvalue weighted by Crippen LogP contribution is 2.39. The van der Waals surface area contributed by atoms with Gasteiger partial charge in [-0.1, -0.05) is 13.8 Å². The van der Waals surface area contributed by atoms with E-state index >= 15 is 0 Å².